The average Bonchev–Trinajstić information content (AvgIpc) is 3.05. The van der Waals surface area contributed by atoms with Crippen LogP contribution in [0.4, 0.5) is 5.69 Å². The van der Waals surface area contributed by atoms with E-state index < -0.39 is 0 Å². The Kier molecular flexibility index (Phi) is 4.71. The van der Waals surface area contributed by atoms with Gasteiger partial charge in [0.1, 0.15) is 13.2 Å². The predicted octanol–water partition coefficient (Wildman–Crippen LogP) is 4.76. The van der Waals surface area contributed by atoms with E-state index in [9.17, 15) is 0 Å². The minimum absolute atomic E-state index is 0.386. The van der Waals surface area contributed by atoms with E-state index >= 15 is 0 Å². The van der Waals surface area contributed by atoms with Crippen LogP contribution in [-0.4, -0.2) is 17.1 Å². The van der Waals surface area contributed by atoms with Gasteiger partial charge in [-0.25, -0.2) is 4.57 Å². The smallest absolute Gasteiger partial charge is 0.212 e. The van der Waals surface area contributed by atoms with E-state index in [1.54, 1.807) is 0 Å². The van der Waals surface area contributed by atoms with Crippen LogP contribution in [0.1, 0.15) is 44.6 Å². The monoisotopic (exact) mass is 348 g/mol. The second kappa shape index (κ2) is 7.14. The summed E-state index contributed by atoms with van der Waals surface area (Å²) >= 11 is 0. The minimum atomic E-state index is 0.386. The highest BCUT2D eigenvalue weighted by molar-refractivity contribution is 5.71. The summed E-state index contributed by atoms with van der Waals surface area (Å²) in [4.78, 5) is 5.02. The van der Waals surface area contributed by atoms with Crippen LogP contribution >= 0.6 is 0 Å². The molecule has 1 aliphatic heterocycles. The van der Waals surface area contributed by atoms with Crippen molar-refractivity contribution >= 4 is 5.69 Å². The fourth-order valence-corrected chi connectivity index (χ4v) is 4.61. The number of hydrogen-bond donors (Lipinski definition) is 0. The molecule has 1 aromatic carbocycles. The minimum Gasteiger partial charge on any atom is -0.353 e. The molecule has 26 heavy (non-hydrogen) atoms. The average molecular weight is 349 g/mol. The van der Waals surface area contributed by atoms with Gasteiger partial charge in [0.25, 0.3) is 0 Å². The molecule has 2 heterocycles. The molecule has 3 nitrogen and oxygen atoms in total. The SMILES string of the molecule is Cc1c(-c2cccc[n+]2C)cccc1N1C=CN(C2CCCCC2)[C@@H]1C. The van der Waals surface area contributed by atoms with Crippen LogP contribution in [0.2, 0.25) is 0 Å². The van der Waals surface area contributed by atoms with E-state index in [-0.39, 0.29) is 0 Å². The first-order valence-electron chi connectivity index (χ1n) is 9.95. The molecule has 0 radical (unpaired) electrons. The molecule has 1 aromatic heterocycles. The highest BCUT2D eigenvalue weighted by Crippen LogP contribution is 2.35. The molecule has 3 heteroatoms. The van der Waals surface area contributed by atoms with E-state index in [1.165, 1.54) is 54.6 Å². The van der Waals surface area contributed by atoms with E-state index in [0.29, 0.717) is 12.2 Å². The zero-order chi connectivity index (χ0) is 18.1. The van der Waals surface area contributed by atoms with Crippen molar-refractivity contribution in [1.29, 1.82) is 0 Å². The maximum Gasteiger partial charge on any atom is 0.212 e. The summed E-state index contributed by atoms with van der Waals surface area (Å²) in [5, 5.41) is 0. The summed E-state index contributed by atoms with van der Waals surface area (Å²) in [6, 6.07) is 13.8. The summed E-state index contributed by atoms with van der Waals surface area (Å²) in [5.41, 5.74) is 5.22. The molecule has 0 amide bonds. The van der Waals surface area contributed by atoms with Crippen LogP contribution in [0, 0.1) is 6.92 Å². The molecule has 0 bridgehead atoms. The van der Waals surface area contributed by atoms with E-state index in [1.807, 2.05) is 0 Å². The number of aryl methyl sites for hydroxylation is 1. The van der Waals surface area contributed by atoms with Crippen LogP contribution in [0.15, 0.2) is 55.0 Å². The fourth-order valence-electron chi connectivity index (χ4n) is 4.61. The standard InChI is InChI=1S/C23H30N3/c1-18-21(23-13-7-8-15-24(23)3)12-9-14-22(18)26-17-16-25(19(26)2)20-10-5-4-6-11-20/h7-9,12-17,19-20H,4-6,10-11H2,1-3H3/q+1/t19-/m0/s1. The van der Waals surface area contributed by atoms with Crippen molar-refractivity contribution in [3.63, 3.8) is 0 Å². The van der Waals surface area contributed by atoms with Gasteiger partial charge in [-0.3, -0.25) is 0 Å². The lowest BCUT2D eigenvalue weighted by Gasteiger charge is -2.38. The molecule has 4 rings (SSSR count). The first-order valence-corrected chi connectivity index (χ1v) is 9.95. The Labute approximate surface area is 157 Å². The van der Waals surface area contributed by atoms with Gasteiger partial charge in [0.2, 0.25) is 5.69 Å². The largest absolute Gasteiger partial charge is 0.353 e. The Morgan fingerprint density at radius 2 is 1.77 bits per heavy atom. The summed E-state index contributed by atoms with van der Waals surface area (Å²) < 4.78 is 2.20. The molecule has 136 valence electrons. The maximum atomic E-state index is 2.58. The van der Waals surface area contributed by atoms with Crippen molar-refractivity contribution in [1.82, 2.24) is 4.90 Å². The van der Waals surface area contributed by atoms with Crippen molar-refractivity contribution < 1.29 is 4.57 Å². The second-order valence-corrected chi connectivity index (χ2v) is 7.72. The third-order valence-corrected chi connectivity index (χ3v) is 6.14. The highest BCUT2D eigenvalue weighted by Gasteiger charge is 2.30. The third kappa shape index (κ3) is 3.00. The number of pyridine rings is 1. The van der Waals surface area contributed by atoms with Gasteiger partial charge in [0, 0.05) is 36.3 Å². The van der Waals surface area contributed by atoms with Gasteiger partial charge in [0.15, 0.2) is 6.20 Å². The summed E-state index contributed by atoms with van der Waals surface area (Å²) in [6.45, 7) is 4.59. The molecular formula is C23H30N3+. The van der Waals surface area contributed by atoms with Gasteiger partial charge < -0.3 is 9.80 Å². The molecule has 0 saturated heterocycles. The number of hydrogen-bond acceptors (Lipinski definition) is 2. The predicted molar refractivity (Wildman–Crippen MR) is 108 cm³/mol. The fraction of sp³-hybridized carbons (Fsp3) is 0.435. The second-order valence-electron chi connectivity index (χ2n) is 7.72. The zero-order valence-electron chi connectivity index (χ0n) is 16.2. The quantitative estimate of drug-likeness (QED) is 0.741. The van der Waals surface area contributed by atoms with Crippen molar-refractivity contribution in [2.24, 2.45) is 7.05 Å². The Hall–Kier alpha value is -2.29. The van der Waals surface area contributed by atoms with E-state index in [2.05, 4.69) is 90.3 Å². The maximum absolute atomic E-state index is 2.58. The Morgan fingerprint density at radius 3 is 2.54 bits per heavy atom. The molecule has 1 aliphatic carbocycles. The lowest BCUT2D eigenvalue weighted by atomic mass is 9.94. The van der Waals surface area contributed by atoms with Gasteiger partial charge in [-0.15, -0.1) is 0 Å². The summed E-state index contributed by atoms with van der Waals surface area (Å²) in [5.74, 6) is 0. The van der Waals surface area contributed by atoms with E-state index in [0.717, 1.165) is 0 Å². The Balaban J connectivity index is 1.64. The molecule has 1 saturated carbocycles. The third-order valence-electron chi connectivity index (χ3n) is 6.14. The van der Waals surface area contributed by atoms with Crippen molar-refractivity contribution in [2.45, 2.75) is 58.2 Å². The lowest BCUT2D eigenvalue weighted by molar-refractivity contribution is -0.660. The van der Waals surface area contributed by atoms with Gasteiger partial charge in [-0.05, 0) is 50.5 Å². The van der Waals surface area contributed by atoms with Gasteiger partial charge in [-0.1, -0.05) is 25.3 Å². The molecule has 0 unspecified atom stereocenters. The molecular weight excluding hydrogens is 318 g/mol. The number of rotatable bonds is 3. The number of anilines is 1. The van der Waals surface area contributed by atoms with Gasteiger partial charge in [-0.2, -0.15) is 0 Å². The lowest BCUT2D eigenvalue weighted by Crippen LogP contribution is -2.43. The normalized spacial score (nSPS) is 20.8. The van der Waals surface area contributed by atoms with Crippen molar-refractivity contribution in [3.05, 3.63) is 60.6 Å². The molecule has 1 fully saturated rings. The van der Waals surface area contributed by atoms with Crippen molar-refractivity contribution in [3.8, 4) is 11.3 Å². The Bertz CT molecular complexity index is 805. The number of nitrogens with zero attached hydrogens (tertiary/aromatic N) is 3. The zero-order valence-corrected chi connectivity index (χ0v) is 16.2. The first-order chi connectivity index (χ1) is 12.7. The van der Waals surface area contributed by atoms with Gasteiger partial charge in [0.05, 0.1) is 5.56 Å². The topological polar surface area (TPSA) is 10.4 Å². The highest BCUT2D eigenvalue weighted by atomic mass is 15.4. The van der Waals surface area contributed by atoms with Crippen molar-refractivity contribution in [2.75, 3.05) is 4.90 Å². The van der Waals surface area contributed by atoms with Crippen LogP contribution in [0.5, 0.6) is 0 Å². The number of benzene rings is 1. The van der Waals surface area contributed by atoms with Crippen LogP contribution in [-0.2, 0) is 7.05 Å². The molecule has 0 spiro atoms. The van der Waals surface area contributed by atoms with E-state index in [4.69, 9.17) is 0 Å². The summed E-state index contributed by atoms with van der Waals surface area (Å²) in [7, 11) is 2.12. The molecule has 0 N–H and O–H groups in total. The van der Waals surface area contributed by atoms with Crippen LogP contribution < -0.4 is 9.47 Å². The molecule has 2 aliphatic rings. The molecule has 2 aromatic rings. The molecule has 1 atom stereocenters. The van der Waals surface area contributed by atoms with Crippen LogP contribution in [0.3, 0.4) is 0 Å². The Morgan fingerprint density at radius 1 is 0.962 bits per heavy atom. The first kappa shape index (κ1) is 17.1. The van der Waals surface area contributed by atoms with Gasteiger partial charge >= 0.3 is 0 Å². The van der Waals surface area contributed by atoms with Crippen LogP contribution in [0.25, 0.3) is 11.3 Å². The summed E-state index contributed by atoms with van der Waals surface area (Å²) in [6.07, 6.45) is 13.9. The number of aromatic nitrogens is 1.